The second-order valence-corrected chi connectivity index (χ2v) is 16.5. The second kappa shape index (κ2) is 23.1. The molecule has 310 valence electrons. The number of benzene rings is 1. The molecule has 10 nitrogen and oxygen atoms in total. The van der Waals surface area contributed by atoms with Crippen molar-refractivity contribution in [2.24, 2.45) is 22.7 Å². The molecule has 0 amide bonds. The maximum Gasteiger partial charge on any atom is 0.311 e. The minimum atomic E-state index is -0.853. The van der Waals surface area contributed by atoms with E-state index in [1.54, 1.807) is 34.6 Å². The molecule has 0 unspecified atom stereocenters. The summed E-state index contributed by atoms with van der Waals surface area (Å²) < 4.78 is 17.3. The van der Waals surface area contributed by atoms with Crippen molar-refractivity contribution in [3.63, 3.8) is 0 Å². The van der Waals surface area contributed by atoms with Crippen LogP contribution in [-0.4, -0.2) is 56.5 Å². The molecule has 1 aromatic carbocycles. The summed E-state index contributed by atoms with van der Waals surface area (Å²) in [6.07, 6.45) is 21.0. The quantitative estimate of drug-likeness (QED) is 0.0447. The predicted octanol–water partition coefficient (Wildman–Crippen LogP) is 7.51. The highest BCUT2D eigenvalue weighted by molar-refractivity contribution is 5.77. The number of carbonyl (C=O) groups is 3. The third-order valence-electron chi connectivity index (χ3n) is 11.0. The second-order valence-electron chi connectivity index (χ2n) is 16.5. The summed E-state index contributed by atoms with van der Waals surface area (Å²) in [6.45, 7) is 8.26. The lowest BCUT2D eigenvalue weighted by molar-refractivity contribution is -0.157. The lowest BCUT2D eigenvalue weighted by Gasteiger charge is -2.24. The average molecular weight is 786 g/mol. The number of aromatic nitrogens is 1. The van der Waals surface area contributed by atoms with Gasteiger partial charge in [-0.15, -0.1) is 24.7 Å². The van der Waals surface area contributed by atoms with E-state index in [9.17, 15) is 29.7 Å². The molecule has 5 atom stereocenters. The zero-order valence-corrected chi connectivity index (χ0v) is 34.5. The summed E-state index contributed by atoms with van der Waals surface area (Å²) >= 11 is 0. The van der Waals surface area contributed by atoms with Crippen molar-refractivity contribution in [2.75, 3.05) is 0 Å². The number of esters is 3. The van der Waals surface area contributed by atoms with Crippen molar-refractivity contribution in [2.45, 2.75) is 150 Å². The zero-order chi connectivity index (χ0) is 42.0. The van der Waals surface area contributed by atoms with E-state index in [0.717, 1.165) is 6.42 Å². The van der Waals surface area contributed by atoms with Crippen molar-refractivity contribution < 1.29 is 43.9 Å². The van der Waals surface area contributed by atoms with Crippen molar-refractivity contribution in [1.82, 2.24) is 4.98 Å². The van der Waals surface area contributed by atoms with Gasteiger partial charge in [0.15, 0.2) is 5.75 Å². The third kappa shape index (κ3) is 15.1. The van der Waals surface area contributed by atoms with Crippen LogP contribution in [0, 0.1) is 54.3 Å². The molecule has 0 spiro atoms. The predicted molar refractivity (Wildman–Crippen MR) is 219 cm³/mol. The van der Waals surface area contributed by atoms with Crippen molar-refractivity contribution >= 4 is 17.9 Å². The smallest absolute Gasteiger partial charge is 0.311 e. The molecular formula is C47H63NO9. The van der Waals surface area contributed by atoms with Crippen LogP contribution in [0.1, 0.15) is 127 Å². The number of aryl methyl sites for hydroxylation is 2. The Hall–Kier alpha value is -4.48. The molecule has 1 aliphatic carbocycles. The highest BCUT2D eigenvalue weighted by Gasteiger charge is 2.40. The van der Waals surface area contributed by atoms with Gasteiger partial charge in [0, 0.05) is 36.6 Å². The fourth-order valence-electron chi connectivity index (χ4n) is 7.05. The van der Waals surface area contributed by atoms with Gasteiger partial charge in [-0.3, -0.25) is 19.4 Å². The Bertz CT molecular complexity index is 1720. The van der Waals surface area contributed by atoms with Gasteiger partial charge in [0.25, 0.3) is 0 Å². The van der Waals surface area contributed by atoms with E-state index in [-0.39, 0.29) is 37.2 Å². The number of allylic oxidation sites excluding steroid dienone is 2. The van der Waals surface area contributed by atoms with Crippen LogP contribution in [0.5, 0.6) is 5.75 Å². The van der Waals surface area contributed by atoms with E-state index in [2.05, 4.69) is 16.8 Å². The first-order chi connectivity index (χ1) is 27.1. The molecule has 10 heteroatoms. The van der Waals surface area contributed by atoms with E-state index in [1.165, 1.54) is 11.8 Å². The first kappa shape index (κ1) is 46.9. The molecule has 0 bridgehead atoms. The van der Waals surface area contributed by atoms with Gasteiger partial charge < -0.3 is 29.5 Å². The van der Waals surface area contributed by atoms with Crippen LogP contribution in [-0.2, 0) is 43.5 Å². The van der Waals surface area contributed by atoms with Gasteiger partial charge in [-0.1, -0.05) is 42.5 Å². The summed E-state index contributed by atoms with van der Waals surface area (Å²) in [6, 6.07) is 10.0. The highest BCUT2D eigenvalue weighted by Crippen LogP contribution is 2.39. The van der Waals surface area contributed by atoms with Gasteiger partial charge in [0.05, 0.1) is 34.8 Å². The van der Waals surface area contributed by atoms with Crippen LogP contribution in [0.3, 0.4) is 0 Å². The maximum absolute atomic E-state index is 13.2. The minimum absolute atomic E-state index is 0.0962. The van der Waals surface area contributed by atoms with Gasteiger partial charge in [0.2, 0.25) is 0 Å². The molecule has 1 aliphatic rings. The first-order valence-corrected chi connectivity index (χ1v) is 20.2. The van der Waals surface area contributed by atoms with Crippen LogP contribution in [0.15, 0.2) is 48.7 Å². The molecule has 57 heavy (non-hydrogen) atoms. The number of rotatable bonds is 23. The molecule has 1 saturated carbocycles. The Morgan fingerprint density at radius 2 is 1.53 bits per heavy atom. The molecule has 2 aromatic rings. The Balaban J connectivity index is 1.60. The van der Waals surface area contributed by atoms with E-state index < -0.39 is 47.0 Å². The number of aliphatic hydroxyl groups is 3. The number of carbonyl (C=O) groups excluding carboxylic acids is 3. The molecule has 1 heterocycles. The summed E-state index contributed by atoms with van der Waals surface area (Å²) in [7, 11) is 0. The molecule has 0 aliphatic heterocycles. The lowest BCUT2D eigenvalue weighted by atomic mass is 9.85. The molecular weight excluding hydrogens is 723 g/mol. The van der Waals surface area contributed by atoms with Crippen LogP contribution in [0.25, 0.3) is 0 Å². The van der Waals surface area contributed by atoms with Crippen LogP contribution in [0.4, 0.5) is 0 Å². The van der Waals surface area contributed by atoms with Gasteiger partial charge in [-0.2, -0.15) is 0 Å². The van der Waals surface area contributed by atoms with Crippen LogP contribution < -0.4 is 4.74 Å². The number of hydrogen-bond acceptors (Lipinski definition) is 10. The largest absolute Gasteiger partial charge is 0.460 e. The Labute approximate surface area is 339 Å². The first-order valence-electron chi connectivity index (χ1n) is 20.2. The van der Waals surface area contributed by atoms with Crippen molar-refractivity contribution in [3.8, 4) is 30.4 Å². The Morgan fingerprint density at radius 1 is 0.912 bits per heavy atom. The van der Waals surface area contributed by atoms with E-state index in [0.29, 0.717) is 87.4 Å². The summed E-state index contributed by atoms with van der Waals surface area (Å²) in [4.78, 5) is 43.7. The van der Waals surface area contributed by atoms with Crippen molar-refractivity contribution in [1.29, 1.82) is 0 Å². The van der Waals surface area contributed by atoms with Gasteiger partial charge >= 0.3 is 17.9 Å². The fourth-order valence-corrected chi connectivity index (χ4v) is 7.05. The Kier molecular flexibility index (Phi) is 19.0. The molecule has 0 radical (unpaired) electrons. The van der Waals surface area contributed by atoms with E-state index in [4.69, 9.17) is 27.1 Å². The molecule has 1 fully saturated rings. The normalized spacial score (nSPS) is 18.8. The maximum atomic E-state index is 13.2. The fraction of sp³-hybridized carbons (Fsp3) is 0.574. The topological polar surface area (TPSA) is 152 Å². The minimum Gasteiger partial charge on any atom is -0.460 e. The number of hydrogen-bond donors (Lipinski definition) is 3. The number of pyridine rings is 1. The monoisotopic (exact) mass is 785 g/mol. The highest BCUT2D eigenvalue weighted by atomic mass is 16.6. The van der Waals surface area contributed by atoms with Crippen LogP contribution >= 0.6 is 0 Å². The van der Waals surface area contributed by atoms with E-state index in [1.807, 2.05) is 42.5 Å². The van der Waals surface area contributed by atoms with Crippen LogP contribution in [0.2, 0.25) is 0 Å². The number of unbranched alkanes of at least 4 members (excludes halogenated alkanes) is 1. The Morgan fingerprint density at radius 3 is 2.16 bits per heavy atom. The number of aliphatic hydroxyl groups excluding tert-OH is 3. The summed E-state index contributed by atoms with van der Waals surface area (Å²) in [5.41, 5.74) is 0.712. The van der Waals surface area contributed by atoms with Gasteiger partial charge in [0.1, 0.15) is 13.2 Å². The summed E-state index contributed by atoms with van der Waals surface area (Å²) in [5, 5.41) is 32.0. The van der Waals surface area contributed by atoms with Gasteiger partial charge in [-0.05, 0) is 116 Å². The molecule has 0 saturated heterocycles. The van der Waals surface area contributed by atoms with Gasteiger partial charge in [-0.25, -0.2) is 0 Å². The standard InChI is InChI=1S/C47H63NO9/c1-8-10-27-46(4,5)44(53)55-31-35-30-48-33(3)43(39(35)32-56-45(54)47(6,7)28-11-9-2)57-42(52)22-18-13-12-17-21-37-38(41(51)29-40(37)50)26-25-36(49)24-23-34-19-15-14-16-20-34/h1-2,12,14-17,19-20,30,36-38,40-41,49-51H,10-11,13,18,21-29,31-32H2,3-7H3/b17-12-/t36-,37+,38+,40-,41+/m0/s1. The number of ether oxygens (including phenoxy) is 3. The van der Waals surface area contributed by atoms with Crippen molar-refractivity contribution in [3.05, 3.63) is 71.1 Å². The number of terminal acetylenes is 2. The SMILES string of the molecule is C#CCCC(C)(C)C(=O)OCc1cnc(C)c(OC(=O)CCC/C=C\C[C@@H]2[C@@H](CC[C@@H](O)CCc3ccccc3)[C@H](O)C[C@@H]2O)c1COC(=O)C(C)(C)CCC#C. The number of nitrogens with zero attached hydrogens (tertiary/aromatic N) is 1. The van der Waals surface area contributed by atoms with E-state index >= 15 is 0 Å². The third-order valence-corrected chi connectivity index (χ3v) is 11.0. The average Bonchev–Trinajstić information content (AvgIpc) is 3.46. The molecule has 1 aromatic heterocycles. The zero-order valence-electron chi connectivity index (χ0n) is 34.5. The summed E-state index contributed by atoms with van der Waals surface area (Å²) in [5.74, 6) is 3.59. The lowest BCUT2D eigenvalue weighted by Crippen LogP contribution is -2.27. The molecule has 3 rings (SSSR count). The molecule has 3 N–H and O–H groups in total.